The Morgan fingerprint density at radius 3 is 2.71 bits per heavy atom. The summed E-state index contributed by atoms with van der Waals surface area (Å²) in [6, 6.07) is 14.9. The lowest BCUT2D eigenvalue weighted by atomic mass is 10.2. The fraction of sp³-hybridized carbons (Fsp3) is 0.375. The number of rotatable bonds is 12. The zero-order valence-electron chi connectivity index (χ0n) is 26.1. The molecule has 0 aliphatic carbocycles. The van der Waals surface area contributed by atoms with Crippen LogP contribution in [-0.2, 0) is 22.7 Å². The predicted octanol–water partition coefficient (Wildman–Crippen LogP) is 6.43. The number of morpholine rings is 1. The molecule has 6 rings (SSSR count). The molecule has 0 amide bonds. The van der Waals surface area contributed by atoms with Crippen molar-refractivity contribution in [3.63, 3.8) is 0 Å². The first kappa shape index (κ1) is 31.2. The number of methoxy groups -OCH3 is 1. The third-order valence-corrected chi connectivity index (χ3v) is 9.51. The largest absolute Gasteiger partial charge is 0.491 e. The molecular formula is C32H39ClN8O3Si. The Morgan fingerprint density at radius 2 is 1.93 bits per heavy atom. The summed E-state index contributed by atoms with van der Waals surface area (Å²) >= 11 is 6.25. The second-order valence-corrected chi connectivity index (χ2v) is 18.4. The number of nitrogens with one attached hydrogen (secondary N) is 2. The first-order valence-electron chi connectivity index (χ1n) is 15.1. The maximum Gasteiger partial charge on any atom is 0.179 e. The molecule has 0 radical (unpaired) electrons. The van der Waals surface area contributed by atoms with Crippen molar-refractivity contribution in [1.82, 2.24) is 34.6 Å². The Hall–Kier alpha value is -3.81. The molecule has 2 aromatic carbocycles. The number of hydrogen-bond donors (Lipinski definition) is 2. The molecule has 13 heteroatoms. The number of aromatic amines is 1. The summed E-state index contributed by atoms with van der Waals surface area (Å²) in [5, 5.41) is 8.94. The molecule has 0 unspecified atom stereocenters. The van der Waals surface area contributed by atoms with Crippen LogP contribution in [0.25, 0.3) is 33.9 Å². The van der Waals surface area contributed by atoms with Crippen LogP contribution >= 0.6 is 11.6 Å². The number of imidazole rings is 1. The summed E-state index contributed by atoms with van der Waals surface area (Å²) in [6.07, 6.45) is 3.55. The van der Waals surface area contributed by atoms with Crippen molar-refractivity contribution in [3.8, 4) is 28.7 Å². The van der Waals surface area contributed by atoms with Crippen molar-refractivity contribution in [3.05, 3.63) is 65.4 Å². The molecule has 2 N–H and O–H groups in total. The Balaban J connectivity index is 1.32. The Bertz CT molecular complexity index is 1760. The van der Waals surface area contributed by atoms with Gasteiger partial charge in [-0.2, -0.15) is 5.10 Å². The molecule has 0 spiro atoms. The monoisotopic (exact) mass is 646 g/mol. The van der Waals surface area contributed by atoms with Crippen LogP contribution in [0.5, 0.6) is 5.75 Å². The van der Waals surface area contributed by atoms with Gasteiger partial charge in [-0.25, -0.2) is 19.6 Å². The SMILES string of the molecule is COc1cnc(-c2cccc(Cl)c2)nc1Nc1cn(COCC[Si](C)(C)C)nc1-c1nc2cc(CN3CCOCC3)ccc2[nH]1. The number of anilines is 2. The van der Waals surface area contributed by atoms with E-state index in [0.29, 0.717) is 53.0 Å². The number of hydrogen-bond acceptors (Lipinski definition) is 9. The van der Waals surface area contributed by atoms with Crippen LogP contribution in [0, 0.1) is 0 Å². The lowest BCUT2D eigenvalue weighted by molar-refractivity contribution is 0.0342. The lowest BCUT2D eigenvalue weighted by Crippen LogP contribution is -2.35. The normalized spacial score (nSPS) is 14.2. The van der Waals surface area contributed by atoms with E-state index < -0.39 is 8.07 Å². The molecule has 5 aromatic rings. The van der Waals surface area contributed by atoms with Gasteiger partial charge in [0.15, 0.2) is 28.9 Å². The molecule has 236 valence electrons. The number of halogens is 1. The minimum Gasteiger partial charge on any atom is -0.491 e. The third-order valence-electron chi connectivity index (χ3n) is 7.57. The van der Waals surface area contributed by atoms with E-state index in [4.69, 9.17) is 40.9 Å². The van der Waals surface area contributed by atoms with Gasteiger partial charge in [0, 0.05) is 44.9 Å². The number of H-pyrrole nitrogens is 1. The summed E-state index contributed by atoms with van der Waals surface area (Å²) < 4.78 is 18.9. The molecule has 1 saturated heterocycles. The zero-order chi connectivity index (χ0) is 31.4. The smallest absolute Gasteiger partial charge is 0.179 e. The van der Waals surface area contributed by atoms with Crippen molar-refractivity contribution in [2.75, 3.05) is 45.3 Å². The Morgan fingerprint density at radius 1 is 1.09 bits per heavy atom. The molecule has 1 aliphatic rings. The van der Waals surface area contributed by atoms with Crippen molar-refractivity contribution in [2.24, 2.45) is 0 Å². The molecule has 3 aromatic heterocycles. The van der Waals surface area contributed by atoms with Gasteiger partial charge in [-0.3, -0.25) is 4.90 Å². The molecule has 1 fully saturated rings. The van der Waals surface area contributed by atoms with E-state index in [9.17, 15) is 0 Å². The highest BCUT2D eigenvalue weighted by Crippen LogP contribution is 2.33. The molecule has 0 saturated carbocycles. The van der Waals surface area contributed by atoms with Gasteiger partial charge in [0.05, 0.1) is 49.4 Å². The van der Waals surface area contributed by atoms with Gasteiger partial charge >= 0.3 is 0 Å². The summed E-state index contributed by atoms with van der Waals surface area (Å²) in [7, 11) is 0.372. The van der Waals surface area contributed by atoms with Crippen LogP contribution in [-0.4, -0.2) is 82.7 Å². The molecule has 0 bridgehead atoms. The first-order chi connectivity index (χ1) is 21.7. The van der Waals surface area contributed by atoms with Crippen molar-refractivity contribution in [1.29, 1.82) is 0 Å². The standard InChI is InChI=1S/C32H39ClN8O3Si/c1-42-28-18-34-30(23-6-5-7-24(33)17-23)38-31(28)37-27-20-41(21-44-14-15-45(2,3)4)39-29(27)32-35-25-9-8-22(16-26(25)36-32)19-40-10-12-43-13-11-40/h5-9,16-18,20H,10-15,19,21H2,1-4H3,(H,35,36)(H,34,37,38). The summed E-state index contributed by atoms with van der Waals surface area (Å²) in [6.45, 7) is 12.3. The highest BCUT2D eigenvalue weighted by Gasteiger charge is 2.20. The van der Waals surface area contributed by atoms with Gasteiger partial charge in [-0.15, -0.1) is 0 Å². The van der Waals surface area contributed by atoms with Gasteiger partial charge in [0.25, 0.3) is 0 Å². The molecular weight excluding hydrogens is 608 g/mol. The molecule has 11 nitrogen and oxygen atoms in total. The summed E-state index contributed by atoms with van der Waals surface area (Å²) in [5.41, 5.74) is 5.16. The van der Waals surface area contributed by atoms with Gasteiger partial charge in [-0.05, 0) is 35.9 Å². The topological polar surface area (TPSA) is 115 Å². The van der Waals surface area contributed by atoms with Crippen LogP contribution < -0.4 is 10.1 Å². The zero-order valence-corrected chi connectivity index (χ0v) is 27.9. The lowest BCUT2D eigenvalue weighted by Gasteiger charge is -2.26. The fourth-order valence-corrected chi connectivity index (χ4v) is 6.02. The second-order valence-electron chi connectivity index (χ2n) is 12.4. The number of benzene rings is 2. The number of aromatic nitrogens is 6. The van der Waals surface area contributed by atoms with Crippen LogP contribution in [0.1, 0.15) is 5.56 Å². The maximum atomic E-state index is 6.25. The highest BCUT2D eigenvalue weighted by atomic mass is 35.5. The van der Waals surface area contributed by atoms with Crippen molar-refractivity contribution in [2.45, 2.75) is 39.0 Å². The number of nitrogens with zero attached hydrogens (tertiary/aromatic N) is 6. The van der Waals surface area contributed by atoms with Crippen molar-refractivity contribution < 1.29 is 14.2 Å². The van der Waals surface area contributed by atoms with E-state index in [0.717, 1.165) is 55.5 Å². The average molecular weight is 647 g/mol. The van der Waals surface area contributed by atoms with E-state index in [1.807, 2.05) is 30.5 Å². The Labute approximate surface area is 268 Å². The second kappa shape index (κ2) is 13.7. The van der Waals surface area contributed by atoms with E-state index in [2.05, 4.69) is 58.0 Å². The summed E-state index contributed by atoms with van der Waals surface area (Å²) in [4.78, 5) is 20.1. The van der Waals surface area contributed by atoms with E-state index in [1.54, 1.807) is 18.0 Å². The minimum absolute atomic E-state index is 0.317. The molecule has 4 heterocycles. The minimum atomic E-state index is -1.22. The van der Waals surface area contributed by atoms with Gasteiger partial charge in [0.2, 0.25) is 0 Å². The van der Waals surface area contributed by atoms with Crippen LogP contribution in [0.3, 0.4) is 0 Å². The van der Waals surface area contributed by atoms with Gasteiger partial charge in [0.1, 0.15) is 6.73 Å². The summed E-state index contributed by atoms with van der Waals surface area (Å²) in [5.74, 6) is 2.14. The van der Waals surface area contributed by atoms with Crippen LogP contribution in [0.2, 0.25) is 30.7 Å². The molecule has 45 heavy (non-hydrogen) atoms. The fourth-order valence-electron chi connectivity index (χ4n) is 5.07. The molecule has 0 atom stereocenters. The third kappa shape index (κ3) is 7.89. The van der Waals surface area contributed by atoms with Gasteiger partial charge in [-0.1, -0.05) is 49.4 Å². The van der Waals surface area contributed by atoms with Crippen LogP contribution in [0.15, 0.2) is 54.9 Å². The van der Waals surface area contributed by atoms with Gasteiger partial charge < -0.3 is 24.5 Å². The highest BCUT2D eigenvalue weighted by molar-refractivity contribution is 6.76. The Kier molecular flexibility index (Phi) is 9.47. The van der Waals surface area contributed by atoms with Crippen LogP contribution in [0.4, 0.5) is 11.5 Å². The molecule has 1 aliphatic heterocycles. The van der Waals surface area contributed by atoms with E-state index in [-0.39, 0.29) is 0 Å². The number of ether oxygens (including phenoxy) is 3. The predicted molar refractivity (Wildman–Crippen MR) is 180 cm³/mol. The van der Waals surface area contributed by atoms with E-state index in [1.165, 1.54) is 5.56 Å². The first-order valence-corrected chi connectivity index (χ1v) is 19.2. The average Bonchev–Trinajstić information content (AvgIpc) is 3.63. The quantitative estimate of drug-likeness (QED) is 0.117. The number of fused-ring (bicyclic) bond motifs is 1. The van der Waals surface area contributed by atoms with Crippen molar-refractivity contribution >= 4 is 42.2 Å². The maximum absolute atomic E-state index is 6.25. The van der Waals surface area contributed by atoms with E-state index >= 15 is 0 Å².